The second-order valence-corrected chi connectivity index (χ2v) is 7.69. The molecule has 0 fully saturated rings. The third kappa shape index (κ3) is 4.76. The van der Waals surface area contributed by atoms with Crippen molar-refractivity contribution in [2.24, 2.45) is 0 Å². The molecule has 0 aliphatic carbocycles. The molecule has 162 valence electrons. The Bertz CT molecular complexity index is 1200. The van der Waals surface area contributed by atoms with E-state index in [4.69, 9.17) is 9.47 Å². The normalized spacial score (nSPS) is 10.6. The van der Waals surface area contributed by atoms with Gasteiger partial charge in [-0.05, 0) is 24.3 Å². The fourth-order valence-corrected chi connectivity index (χ4v) is 3.92. The van der Waals surface area contributed by atoms with Gasteiger partial charge in [0.15, 0.2) is 11.0 Å². The second-order valence-electron chi connectivity index (χ2n) is 6.75. The molecule has 1 aromatic heterocycles. The summed E-state index contributed by atoms with van der Waals surface area (Å²) in [6, 6.07) is 24.9. The standard InChI is InChI=1S/C24H22N4O3S/c1-30-19-13-14-20(21(15-19)31-2)25-22(29)16-32-24-27-26-23(17-9-5-3-6-10-17)28(24)18-11-7-4-8-12-18/h3-15H,16H2,1-2H3,(H,25,29). The molecular weight excluding hydrogens is 424 g/mol. The minimum absolute atomic E-state index is 0.162. The van der Waals surface area contributed by atoms with E-state index in [1.165, 1.54) is 11.8 Å². The number of hydrogen-bond donors (Lipinski definition) is 1. The lowest BCUT2D eigenvalue weighted by molar-refractivity contribution is -0.113. The summed E-state index contributed by atoms with van der Waals surface area (Å²) in [7, 11) is 3.13. The largest absolute Gasteiger partial charge is 0.497 e. The van der Waals surface area contributed by atoms with Crippen LogP contribution >= 0.6 is 11.8 Å². The molecule has 0 unspecified atom stereocenters. The van der Waals surface area contributed by atoms with Crippen molar-refractivity contribution in [2.75, 3.05) is 25.3 Å². The SMILES string of the molecule is COc1ccc(NC(=O)CSc2nnc(-c3ccccc3)n2-c2ccccc2)c(OC)c1. The maximum absolute atomic E-state index is 12.7. The molecule has 0 bridgehead atoms. The van der Waals surface area contributed by atoms with E-state index in [-0.39, 0.29) is 11.7 Å². The van der Waals surface area contributed by atoms with Gasteiger partial charge in [0.05, 0.1) is 25.7 Å². The molecule has 0 saturated heterocycles. The van der Waals surface area contributed by atoms with Gasteiger partial charge < -0.3 is 14.8 Å². The smallest absolute Gasteiger partial charge is 0.234 e. The zero-order valence-electron chi connectivity index (χ0n) is 17.7. The predicted octanol–water partition coefficient (Wildman–Crippen LogP) is 4.68. The number of nitrogens with zero attached hydrogens (tertiary/aromatic N) is 3. The summed E-state index contributed by atoms with van der Waals surface area (Å²) in [5, 5.41) is 12.3. The van der Waals surface area contributed by atoms with Gasteiger partial charge in [-0.1, -0.05) is 60.3 Å². The highest BCUT2D eigenvalue weighted by molar-refractivity contribution is 7.99. The number of rotatable bonds is 8. The molecule has 7 nitrogen and oxygen atoms in total. The van der Waals surface area contributed by atoms with E-state index in [0.717, 1.165) is 17.1 Å². The Labute approximate surface area is 190 Å². The molecule has 32 heavy (non-hydrogen) atoms. The number of thioether (sulfide) groups is 1. The molecule has 0 radical (unpaired) electrons. The topological polar surface area (TPSA) is 78.3 Å². The number of methoxy groups -OCH3 is 2. The quantitative estimate of drug-likeness (QED) is 0.396. The number of para-hydroxylation sites is 1. The van der Waals surface area contributed by atoms with Crippen molar-refractivity contribution in [3.63, 3.8) is 0 Å². The van der Waals surface area contributed by atoms with Crippen LogP contribution in [0.15, 0.2) is 84.0 Å². The Kier molecular flexibility index (Phi) is 6.72. The van der Waals surface area contributed by atoms with Crippen LogP contribution < -0.4 is 14.8 Å². The lowest BCUT2D eigenvalue weighted by atomic mass is 10.2. The monoisotopic (exact) mass is 446 g/mol. The van der Waals surface area contributed by atoms with E-state index >= 15 is 0 Å². The Hall–Kier alpha value is -3.78. The summed E-state index contributed by atoms with van der Waals surface area (Å²) in [6.45, 7) is 0. The maximum Gasteiger partial charge on any atom is 0.234 e. The molecule has 3 aromatic carbocycles. The van der Waals surface area contributed by atoms with E-state index in [1.807, 2.05) is 65.2 Å². The Morgan fingerprint density at radius 2 is 1.66 bits per heavy atom. The van der Waals surface area contributed by atoms with Gasteiger partial charge in [0.2, 0.25) is 5.91 Å². The van der Waals surface area contributed by atoms with Crippen molar-refractivity contribution >= 4 is 23.4 Å². The van der Waals surface area contributed by atoms with Crippen LogP contribution in [0.2, 0.25) is 0 Å². The Balaban J connectivity index is 1.55. The number of amides is 1. The fraction of sp³-hybridized carbons (Fsp3) is 0.125. The zero-order valence-corrected chi connectivity index (χ0v) is 18.5. The van der Waals surface area contributed by atoms with E-state index in [9.17, 15) is 4.79 Å². The van der Waals surface area contributed by atoms with Crippen molar-refractivity contribution in [3.8, 4) is 28.6 Å². The number of hydrogen-bond acceptors (Lipinski definition) is 6. The Morgan fingerprint density at radius 1 is 0.938 bits per heavy atom. The van der Waals surface area contributed by atoms with Crippen LogP contribution in [-0.4, -0.2) is 40.6 Å². The maximum atomic E-state index is 12.7. The van der Waals surface area contributed by atoms with Crippen molar-refractivity contribution in [1.29, 1.82) is 0 Å². The first-order valence-corrected chi connectivity index (χ1v) is 10.9. The number of carbonyl (C=O) groups is 1. The molecular formula is C24H22N4O3S. The van der Waals surface area contributed by atoms with Gasteiger partial charge in [-0.25, -0.2) is 0 Å². The van der Waals surface area contributed by atoms with E-state index in [1.54, 1.807) is 32.4 Å². The van der Waals surface area contributed by atoms with Gasteiger partial charge >= 0.3 is 0 Å². The first-order chi connectivity index (χ1) is 15.7. The van der Waals surface area contributed by atoms with Gasteiger partial charge in [0.25, 0.3) is 0 Å². The number of nitrogens with one attached hydrogen (secondary N) is 1. The van der Waals surface area contributed by atoms with E-state index in [0.29, 0.717) is 22.3 Å². The van der Waals surface area contributed by atoms with Crippen LogP contribution in [0.1, 0.15) is 0 Å². The van der Waals surface area contributed by atoms with Crippen LogP contribution in [0.25, 0.3) is 17.1 Å². The molecule has 4 aromatic rings. The van der Waals surface area contributed by atoms with E-state index in [2.05, 4.69) is 15.5 Å². The summed E-state index contributed by atoms with van der Waals surface area (Å²) in [5.41, 5.74) is 2.45. The van der Waals surface area contributed by atoms with Crippen molar-refractivity contribution < 1.29 is 14.3 Å². The summed E-state index contributed by atoms with van der Waals surface area (Å²) in [4.78, 5) is 12.7. The fourth-order valence-electron chi connectivity index (χ4n) is 3.17. The van der Waals surface area contributed by atoms with Gasteiger partial charge in [0.1, 0.15) is 11.5 Å². The molecule has 0 aliphatic heterocycles. The third-order valence-electron chi connectivity index (χ3n) is 4.69. The van der Waals surface area contributed by atoms with Crippen LogP contribution in [0.3, 0.4) is 0 Å². The van der Waals surface area contributed by atoms with Gasteiger partial charge in [0, 0.05) is 17.3 Å². The van der Waals surface area contributed by atoms with Gasteiger partial charge in [-0.2, -0.15) is 0 Å². The Morgan fingerprint density at radius 3 is 2.34 bits per heavy atom. The molecule has 0 atom stereocenters. The van der Waals surface area contributed by atoms with Gasteiger partial charge in [-0.3, -0.25) is 9.36 Å². The first kappa shape index (κ1) is 21.5. The van der Waals surface area contributed by atoms with Gasteiger partial charge in [-0.15, -0.1) is 10.2 Å². The minimum atomic E-state index is -0.178. The second kappa shape index (κ2) is 10.0. The number of anilines is 1. The summed E-state index contributed by atoms with van der Waals surface area (Å²) in [6.07, 6.45) is 0. The van der Waals surface area contributed by atoms with Crippen molar-refractivity contribution in [1.82, 2.24) is 14.8 Å². The van der Waals surface area contributed by atoms with Crippen LogP contribution in [0, 0.1) is 0 Å². The lowest BCUT2D eigenvalue weighted by Crippen LogP contribution is -2.15. The highest BCUT2D eigenvalue weighted by atomic mass is 32.2. The number of ether oxygens (including phenoxy) is 2. The van der Waals surface area contributed by atoms with Crippen LogP contribution in [0.4, 0.5) is 5.69 Å². The summed E-state index contributed by atoms with van der Waals surface area (Å²) < 4.78 is 12.5. The first-order valence-electron chi connectivity index (χ1n) is 9.90. The third-order valence-corrected chi connectivity index (χ3v) is 5.62. The van der Waals surface area contributed by atoms with E-state index < -0.39 is 0 Å². The number of benzene rings is 3. The molecule has 0 saturated carbocycles. The lowest BCUT2D eigenvalue weighted by Gasteiger charge is -2.12. The molecule has 0 spiro atoms. The van der Waals surface area contributed by atoms with Crippen molar-refractivity contribution in [3.05, 3.63) is 78.9 Å². The highest BCUT2D eigenvalue weighted by Crippen LogP contribution is 2.30. The zero-order chi connectivity index (χ0) is 22.3. The van der Waals surface area contributed by atoms with Crippen LogP contribution in [-0.2, 0) is 4.79 Å². The average molecular weight is 447 g/mol. The van der Waals surface area contributed by atoms with Crippen molar-refractivity contribution in [2.45, 2.75) is 5.16 Å². The highest BCUT2D eigenvalue weighted by Gasteiger charge is 2.17. The summed E-state index contributed by atoms with van der Waals surface area (Å²) >= 11 is 1.32. The van der Waals surface area contributed by atoms with Crippen LogP contribution in [0.5, 0.6) is 11.5 Å². The molecule has 1 heterocycles. The summed E-state index contributed by atoms with van der Waals surface area (Å²) in [5.74, 6) is 1.88. The molecule has 4 rings (SSSR count). The predicted molar refractivity (Wildman–Crippen MR) is 126 cm³/mol. The molecule has 0 aliphatic rings. The molecule has 1 amide bonds. The average Bonchev–Trinajstić information content (AvgIpc) is 3.28. The number of carbonyl (C=O) groups excluding carboxylic acids is 1. The molecule has 8 heteroatoms. The number of aromatic nitrogens is 3. The molecule has 1 N–H and O–H groups in total. The minimum Gasteiger partial charge on any atom is -0.497 e.